The number of esters is 1. The maximum Gasteiger partial charge on any atom is 0.358 e. The third kappa shape index (κ3) is 1.77. The normalized spacial score (nSPS) is 9.14. The number of aldehydes is 1. The predicted molar refractivity (Wildman–Crippen MR) is 44.6 cm³/mol. The largest absolute Gasteiger partial charge is 0.464 e. The molecule has 0 aliphatic carbocycles. The molecule has 1 rings (SSSR count). The van der Waals surface area contributed by atoms with Crippen molar-refractivity contribution in [1.82, 2.24) is 9.78 Å². The molecule has 0 radical (unpaired) electrons. The van der Waals surface area contributed by atoms with E-state index in [0.29, 0.717) is 6.29 Å². The van der Waals surface area contributed by atoms with Crippen molar-refractivity contribution in [1.29, 1.82) is 5.26 Å². The number of rotatable bonds is 3. The van der Waals surface area contributed by atoms with Gasteiger partial charge in [-0.3, -0.25) is 4.79 Å². The van der Waals surface area contributed by atoms with Crippen molar-refractivity contribution < 1.29 is 14.3 Å². The van der Waals surface area contributed by atoms with Crippen LogP contribution in [0.3, 0.4) is 0 Å². The zero-order valence-corrected chi connectivity index (χ0v) is 7.43. The van der Waals surface area contributed by atoms with Crippen LogP contribution in [0.4, 0.5) is 0 Å². The zero-order chi connectivity index (χ0) is 10.6. The summed E-state index contributed by atoms with van der Waals surface area (Å²) < 4.78 is 5.55. The number of ether oxygens (including phenoxy) is 1. The Morgan fingerprint density at radius 1 is 1.86 bits per heavy atom. The highest BCUT2D eigenvalue weighted by molar-refractivity contribution is 5.89. The second-order valence-corrected chi connectivity index (χ2v) is 2.38. The summed E-state index contributed by atoms with van der Waals surface area (Å²) in [6.45, 7) is -0.0783. The van der Waals surface area contributed by atoms with E-state index in [1.807, 2.05) is 6.07 Å². The average molecular weight is 193 g/mol. The van der Waals surface area contributed by atoms with E-state index in [0.717, 1.165) is 4.68 Å². The highest BCUT2D eigenvalue weighted by atomic mass is 16.5. The number of carbonyl (C=O) groups is 2. The number of methoxy groups -OCH3 is 1. The molecule has 6 heteroatoms. The van der Waals surface area contributed by atoms with Gasteiger partial charge in [0.2, 0.25) is 0 Å². The molecule has 1 aromatic heterocycles. The van der Waals surface area contributed by atoms with Crippen LogP contribution in [0, 0.1) is 11.3 Å². The molecule has 0 bridgehead atoms. The lowest BCUT2D eigenvalue weighted by atomic mass is 10.4. The third-order valence-electron chi connectivity index (χ3n) is 1.55. The Labute approximate surface area is 79.7 Å². The quantitative estimate of drug-likeness (QED) is 0.498. The Morgan fingerprint density at radius 2 is 2.57 bits per heavy atom. The Hall–Kier alpha value is -2.16. The number of hydrogen-bond donors (Lipinski definition) is 0. The smallest absolute Gasteiger partial charge is 0.358 e. The fourth-order valence-corrected chi connectivity index (χ4v) is 0.924. The summed E-state index contributed by atoms with van der Waals surface area (Å²) in [7, 11) is 1.21. The second-order valence-electron chi connectivity index (χ2n) is 2.38. The summed E-state index contributed by atoms with van der Waals surface area (Å²) in [5.41, 5.74) is 0.191. The summed E-state index contributed by atoms with van der Waals surface area (Å²) in [5, 5.41) is 12.1. The first-order valence-electron chi connectivity index (χ1n) is 3.71. The number of nitrogens with zero attached hydrogens (tertiary/aromatic N) is 3. The van der Waals surface area contributed by atoms with Crippen molar-refractivity contribution >= 4 is 12.3 Å². The zero-order valence-electron chi connectivity index (χ0n) is 7.43. The summed E-state index contributed by atoms with van der Waals surface area (Å²) >= 11 is 0. The minimum absolute atomic E-state index is 0.0184. The van der Waals surface area contributed by atoms with Crippen molar-refractivity contribution in [3.05, 3.63) is 17.5 Å². The first-order valence-corrected chi connectivity index (χ1v) is 3.71. The van der Waals surface area contributed by atoms with Crippen molar-refractivity contribution in [2.75, 3.05) is 7.11 Å². The van der Waals surface area contributed by atoms with E-state index in [1.165, 1.54) is 13.2 Å². The van der Waals surface area contributed by atoms with Gasteiger partial charge in [0.15, 0.2) is 12.0 Å². The number of hydrogen-bond acceptors (Lipinski definition) is 5. The highest BCUT2D eigenvalue weighted by Gasteiger charge is 2.13. The molecule has 0 atom stereocenters. The van der Waals surface area contributed by atoms with Crippen LogP contribution in [0.15, 0.2) is 6.07 Å². The molecule has 0 saturated heterocycles. The van der Waals surface area contributed by atoms with Gasteiger partial charge in [-0.2, -0.15) is 10.4 Å². The molecule has 0 saturated carbocycles. The van der Waals surface area contributed by atoms with Crippen molar-refractivity contribution in [3.63, 3.8) is 0 Å². The summed E-state index contributed by atoms with van der Waals surface area (Å²) in [4.78, 5) is 21.5. The molecular weight excluding hydrogens is 186 g/mol. The lowest BCUT2D eigenvalue weighted by molar-refractivity contribution is 0.0593. The third-order valence-corrected chi connectivity index (χ3v) is 1.55. The van der Waals surface area contributed by atoms with Gasteiger partial charge >= 0.3 is 5.97 Å². The maximum absolute atomic E-state index is 11.0. The monoisotopic (exact) mass is 193 g/mol. The summed E-state index contributed by atoms with van der Waals surface area (Å²) in [5.74, 6) is -0.634. The highest BCUT2D eigenvalue weighted by Crippen LogP contribution is 2.03. The van der Waals surface area contributed by atoms with Gasteiger partial charge in [-0.15, -0.1) is 0 Å². The Morgan fingerprint density at radius 3 is 3.07 bits per heavy atom. The standard InChI is InChI=1S/C8H7N3O3/c1-14-8(13)7-4-6(5-12)11(10-7)3-2-9/h4-5H,3H2,1H3. The van der Waals surface area contributed by atoms with Crippen LogP contribution < -0.4 is 0 Å². The van der Waals surface area contributed by atoms with Crippen LogP contribution >= 0.6 is 0 Å². The van der Waals surface area contributed by atoms with Gasteiger partial charge in [0.1, 0.15) is 12.2 Å². The Kier molecular flexibility index (Phi) is 2.97. The number of carbonyl (C=O) groups excluding carboxylic acids is 2. The van der Waals surface area contributed by atoms with E-state index >= 15 is 0 Å². The maximum atomic E-state index is 11.0. The molecule has 0 fully saturated rings. The molecule has 0 N–H and O–H groups in total. The molecule has 0 amide bonds. The van der Waals surface area contributed by atoms with Crippen molar-refractivity contribution in [2.45, 2.75) is 6.54 Å². The summed E-state index contributed by atoms with van der Waals surface area (Å²) in [6.07, 6.45) is 0.525. The molecule has 0 unspecified atom stereocenters. The molecule has 0 aliphatic heterocycles. The minimum atomic E-state index is -0.634. The van der Waals surface area contributed by atoms with E-state index in [2.05, 4.69) is 9.84 Å². The van der Waals surface area contributed by atoms with Crippen LogP contribution in [0.2, 0.25) is 0 Å². The van der Waals surface area contributed by atoms with Crippen molar-refractivity contribution in [2.24, 2.45) is 0 Å². The SMILES string of the molecule is COC(=O)c1cc(C=O)n(CC#N)n1. The molecule has 0 spiro atoms. The van der Waals surface area contributed by atoms with Gasteiger partial charge in [0.25, 0.3) is 0 Å². The molecule has 1 aromatic rings. The lowest BCUT2D eigenvalue weighted by Crippen LogP contribution is -2.05. The number of nitriles is 1. The molecule has 1 heterocycles. The van der Waals surface area contributed by atoms with Gasteiger partial charge < -0.3 is 4.74 Å². The van der Waals surface area contributed by atoms with Crippen LogP contribution in [-0.4, -0.2) is 29.1 Å². The van der Waals surface area contributed by atoms with Gasteiger partial charge in [0, 0.05) is 6.07 Å². The van der Waals surface area contributed by atoms with Crippen LogP contribution in [0.25, 0.3) is 0 Å². The van der Waals surface area contributed by atoms with Gasteiger partial charge in [0.05, 0.1) is 13.2 Å². The molecule has 6 nitrogen and oxygen atoms in total. The van der Waals surface area contributed by atoms with Crippen LogP contribution in [0.5, 0.6) is 0 Å². The topological polar surface area (TPSA) is 85.0 Å². The molecule has 14 heavy (non-hydrogen) atoms. The lowest BCUT2D eigenvalue weighted by Gasteiger charge is -1.93. The fraction of sp³-hybridized carbons (Fsp3) is 0.250. The minimum Gasteiger partial charge on any atom is -0.464 e. The van der Waals surface area contributed by atoms with E-state index in [4.69, 9.17) is 5.26 Å². The Balaban J connectivity index is 3.07. The Bertz CT molecular complexity index is 402. The molecule has 0 aromatic carbocycles. The van der Waals surface area contributed by atoms with E-state index < -0.39 is 5.97 Å². The van der Waals surface area contributed by atoms with Crippen molar-refractivity contribution in [3.8, 4) is 6.07 Å². The van der Waals surface area contributed by atoms with Crippen LogP contribution in [-0.2, 0) is 11.3 Å². The average Bonchev–Trinajstić information content (AvgIpc) is 2.60. The van der Waals surface area contributed by atoms with Gasteiger partial charge in [-0.1, -0.05) is 0 Å². The molecular formula is C8H7N3O3. The fourth-order valence-electron chi connectivity index (χ4n) is 0.924. The van der Waals surface area contributed by atoms with Gasteiger partial charge in [-0.05, 0) is 0 Å². The molecule has 0 aliphatic rings. The predicted octanol–water partition coefficient (Wildman–Crippen LogP) is 0.00578. The number of aromatic nitrogens is 2. The second kappa shape index (κ2) is 4.18. The van der Waals surface area contributed by atoms with E-state index in [1.54, 1.807) is 0 Å². The van der Waals surface area contributed by atoms with Gasteiger partial charge in [-0.25, -0.2) is 9.48 Å². The first-order chi connectivity index (χ1) is 6.72. The van der Waals surface area contributed by atoms with Crippen LogP contribution in [0.1, 0.15) is 21.0 Å². The van der Waals surface area contributed by atoms with E-state index in [9.17, 15) is 9.59 Å². The van der Waals surface area contributed by atoms with E-state index in [-0.39, 0.29) is 17.9 Å². The first kappa shape index (κ1) is 9.92. The molecule has 72 valence electrons. The summed E-state index contributed by atoms with van der Waals surface area (Å²) in [6, 6.07) is 3.09.